The van der Waals surface area contributed by atoms with Crippen LogP contribution < -0.4 is 5.32 Å². The first-order chi connectivity index (χ1) is 11.6. The molecule has 1 saturated heterocycles. The highest BCUT2D eigenvalue weighted by Crippen LogP contribution is 2.37. The maximum Gasteiger partial charge on any atom is 0.234 e. The Morgan fingerprint density at radius 1 is 1.46 bits per heavy atom. The zero-order valence-electron chi connectivity index (χ0n) is 14.0. The van der Waals surface area contributed by atoms with Gasteiger partial charge in [0.2, 0.25) is 5.91 Å². The van der Waals surface area contributed by atoms with Crippen molar-refractivity contribution in [1.29, 1.82) is 0 Å². The smallest absolute Gasteiger partial charge is 0.234 e. The molecule has 1 N–H and O–H groups in total. The molecule has 0 aliphatic carbocycles. The predicted octanol–water partition coefficient (Wildman–Crippen LogP) is 2.23. The average Bonchev–Trinajstić information content (AvgIpc) is 3.11. The van der Waals surface area contributed by atoms with Crippen LogP contribution in [-0.2, 0) is 18.4 Å². The molecule has 0 saturated carbocycles. The summed E-state index contributed by atoms with van der Waals surface area (Å²) in [5.74, 6) is 0.00483. The van der Waals surface area contributed by atoms with Crippen LogP contribution >= 0.6 is 11.6 Å². The van der Waals surface area contributed by atoms with Crippen LogP contribution in [0.5, 0.6) is 0 Å². The van der Waals surface area contributed by atoms with E-state index in [0.717, 1.165) is 36.3 Å². The van der Waals surface area contributed by atoms with Crippen LogP contribution in [0.1, 0.15) is 35.8 Å². The number of pyridine rings is 1. The number of nitrogens with one attached hydrogen (secondary N) is 1. The number of aromatic nitrogens is 3. The molecule has 2 aromatic heterocycles. The van der Waals surface area contributed by atoms with Crippen molar-refractivity contribution in [2.45, 2.75) is 32.4 Å². The predicted molar refractivity (Wildman–Crippen MR) is 92.6 cm³/mol. The molecule has 1 amide bonds. The SMILES string of the molecule is Cc1nn(C)c(Cl)c1[C@H]1CCCN1CC(=O)NCc1ccccn1. The fraction of sp³-hybridized carbons (Fsp3) is 0.471. The van der Waals surface area contributed by atoms with Crippen LogP contribution in [0, 0.1) is 6.92 Å². The number of amides is 1. The number of hydrogen-bond acceptors (Lipinski definition) is 4. The molecule has 0 radical (unpaired) electrons. The molecular formula is C17H22ClN5O. The molecule has 1 fully saturated rings. The Morgan fingerprint density at radius 3 is 2.96 bits per heavy atom. The second kappa shape index (κ2) is 7.32. The molecule has 0 spiro atoms. The molecule has 1 aliphatic heterocycles. The van der Waals surface area contributed by atoms with E-state index in [1.165, 1.54) is 0 Å². The monoisotopic (exact) mass is 347 g/mol. The summed E-state index contributed by atoms with van der Waals surface area (Å²) in [4.78, 5) is 18.7. The van der Waals surface area contributed by atoms with Crippen molar-refractivity contribution in [3.63, 3.8) is 0 Å². The lowest BCUT2D eigenvalue weighted by atomic mass is 10.1. The molecular weight excluding hydrogens is 326 g/mol. The summed E-state index contributed by atoms with van der Waals surface area (Å²) < 4.78 is 1.70. The summed E-state index contributed by atoms with van der Waals surface area (Å²) in [6.07, 6.45) is 3.79. The average molecular weight is 348 g/mol. The van der Waals surface area contributed by atoms with Crippen LogP contribution in [0.4, 0.5) is 0 Å². The van der Waals surface area contributed by atoms with Crippen LogP contribution in [-0.4, -0.2) is 38.7 Å². The molecule has 2 aromatic rings. The number of carbonyl (C=O) groups is 1. The Labute approximate surface area is 146 Å². The highest BCUT2D eigenvalue weighted by Gasteiger charge is 2.32. The molecule has 7 heteroatoms. The van der Waals surface area contributed by atoms with E-state index >= 15 is 0 Å². The highest BCUT2D eigenvalue weighted by molar-refractivity contribution is 6.30. The molecule has 0 unspecified atom stereocenters. The lowest BCUT2D eigenvalue weighted by molar-refractivity contribution is -0.122. The van der Waals surface area contributed by atoms with E-state index in [1.807, 2.05) is 32.2 Å². The zero-order chi connectivity index (χ0) is 17.1. The molecule has 24 heavy (non-hydrogen) atoms. The summed E-state index contributed by atoms with van der Waals surface area (Å²) in [6, 6.07) is 5.84. The van der Waals surface area contributed by atoms with Crippen LogP contribution in [0.25, 0.3) is 0 Å². The van der Waals surface area contributed by atoms with Gasteiger partial charge in [0.25, 0.3) is 0 Å². The van der Waals surface area contributed by atoms with E-state index in [4.69, 9.17) is 11.6 Å². The first-order valence-electron chi connectivity index (χ1n) is 8.16. The first-order valence-corrected chi connectivity index (χ1v) is 8.53. The standard InChI is InChI=1S/C17H22ClN5O/c1-12-16(17(18)22(2)21-12)14-7-5-9-23(14)11-15(24)20-10-13-6-3-4-8-19-13/h3-4,6,8,14H,5,7,9-11H2,1-2H3,(H,20,24)/t14-/m1/s1. The van der Waals surface area contributed by atoms with E-state index < -0.39 is 0 Å². The number of nitrogens with zero attached hydrogens (tertiary/aromatic N) is 4. The van der Waals surface area contributed by atoms with E-state index in [-0.39, 0.29) is 11.9 Å². The summed E-state index contributed by atoms with van der Waals surface area (Å²) in [5, 5.41) is 7.99. The van der Waals surface area contributed by atoms with Crippen molar-refractivity contribution < 1.29 is 4.79 Å². The van der Waals surface area contributed by atoms with E-state index in [9.17, 15) is 4.79 Å². The third-order valence-corrected chi connectivity index (χ3v) is 4.88. The van der Waals surface area contributed by atoms with Gasteiger partial charge < -0.3 is 5.32 Å². The van der Waals surface area contributed by atoms with Crippen molar-refractivity contribution in [1.82, 2.24) is 25.0 Å². The van der Waals surface area contributed by atoms with Gasteiger partial charge in [-0.05, 0) is 38.4 Å². The van der Waals surface area contributed by atoms with Gasteiger partial charge in [0, 0.05) is 24.8 Å². The molecule has 6 nitrogen and oxygen atoms in total. The van der Waals surface area contributed by atoms with Crippen molar-refractivity contribution in [3.8, 4) is 0 Å². The molecule has 1 atom stereocenters. The summed E-state index contributed by atoms with van der Waals surface area (Å²) in [6.45, 7) is 3.68. The van der Waals surface area contributed by atoms with Crippen LogP contribution in [0.3, 0.4) is 0 Å². The van der Waals surface area contributed by atoms with Gasteiger partial charge in [-0.2, -0.15) is 5.10 Å². The summed E-state index contributed by atoms with van der Waals surface area (Å²) in [7, 11) is 1.84. The fourth-order valence-corrected chi connectivity index (χ4v) is 3.60. The Balaban J connectivity index is 1.62. The Morgan fingerprint density at radius 2 is 2.29 bits per heavy atom. The molecule has 3 rings (SSSR count). The van der Waals surface area contributed by atoms with Gasteiger partial charge in [-0.15, -0.1) is 0 Å². The Hall–Kier alpha value is -1.92. The van der Waals surface area contributed by atoms with Gasteiger partial charge in [0.15, 0.2) is 0 Å². The minimum Gasteiger partial charge on any atom is -0.349 e. The van der Waals surface area contributed by atoms with Gasteiger partial charge >= 0.3 is 0 Å². The number of halogens is 1. The second-order valence-corrected chi connectivity index (χ2v) is 6.50. The van der Waals surface area contributed by atoms with E-state index in [0.29, 0.717) is 18.2 Å². The van der Waals surface area contributed by atoms with Gasteiger partial charge in [0.1, 0.15) is 5.15 Å². The van der Waals surface area contributed by atoms with Gasteiger partial charge in [-0.3, -0.25) is 19.4 Å². The first kappa shape index (κ1) is 16.9. The minimum absolute atomic E-state index is 0.00483. The molecule has 1 aliphatic rings. The van der Waals surface area contributed by atoms with Crippen LogP contribution in [0.2, 0.25) is 5.15 Å². The topological polar surface area (TPSA) is 63.1 Å². The Kier molecular flexibility index (Phi) is 5.16. The van der Waals surface area contributed by atoms with Crippen molar-refractivity contribution in [3.05, 3.63) is 46.5 Å². The van der Waals surface area contributed by atoms with Crippen LogP contribution in [0.15, 0.2) is 24.4 Å². The van der Waals surface area contributed by atoms with E-state index in [2.05, 4.69) is 20.3 Å². The summed E-state index contributed by atoms with van der Waals surface area (Å²) in [5.41, 5.74) is 2.84. The van der Waals surface area contributed by atoms with Gasteiger partial charge in [-0.25, -0.2) is 0 Å². The maximum absolute atomic E-state index is 12.3. The van der Waals surface area contributed by atoms with Gasteiger partial charge in [0.05, 0.1) is 24.5 Å². The number of likely N-dealkylation sites (tertiary alicyclic amines) is 1. The number of hydrogen-bond donors (Lipinski definition) is 1. The lowest BCUT2D eigenvalue weighted by Gasteiger charge is -2.24. The molecule has 3 heterocycles. The molecule has 0 bridgehead atoms. The van der Waals surface area contributed by atoms with E-state index in [1.54, 1.807) is 10.9 Å². The Bertz CT molecular complexity index is 715. The number of rotatable bonds is 5. The van der Waals surface area contributed by atoms with Crippen molar-refractivity contribution in [2.24, 2.45) is 7.05 Å². The lowest BCUT2D eigenvalue weighted by Crippen LogP contribution is -2.36. The molecule has 0 aromatic carbocycles. The quantitative estimate of drug-likeness (QED) is 0.901. The molecule has 128 valence electrons. The third-order valence-electron chi connectivity index (χ3n) is 4.43. The number of aryl methyl sites for hydroxylation is 2. The van der Waals surface area contributed by atoms with Crippen molar-refractivity contribution >= 4 is 17.5 Å². The summed E-state index contributed by atoms with van der Waals surface area (Å²) >= 11 is 6.40. The van der Waals surface area contributed by atoms with Crippen molar-refractivity contribution in [2.75, 3.05) is 13.1 Å². The normalized spacial score (nSPS) is 18.0. The van der Waals surface area contributed by atoms with Gasteiger partial charge in [-0.1, -0.05) is 17.7 Å². The highest BCUT2D eigenvalue weighted by atomic mass is 35.5. The zero-order valence-corrected chi connectivity index (χ0v) is 14.8. The second-order valence-electron chi connectivity index (χ2n) is 6.14. The maximum atomic E-state index is 12.3. The largest absolute Gasteiger partial charge is 0.349 e. The minimum atomic E-state index is 0.00483. The third kappa shape index (κ3) is 3.60. The fourth-order valence-electron chi connectivity index (χ4n) is 3.30. The number of carbonyl (C=O) groups excluding carboxylic acids is 1.